The monoisotopic (exact) mass is 333 g/mol. The Bertz CT molecular complexity index is 598. The quantitative estimate of drug-likeness (QED) is 0.811. The maximum atomic E-state index is 13.2. The molecule has 24 heavy (non-hydrogen) atoms. The summed E-state index contributed by atoms with van der Waals surface area (Å²) in [5.41, 5.74) is 0.0782. The van der Waals surface area contributed by atoms with Gasteiger partial charge in [0.05, 0.1) is 12.0 Å². The molecule has 0 radical (unpaired) electrons. The Morgan fingerprint density at radius 2 is 1.88 bits per heavy atom. The zero-order chi connectivity index (χ0) is 16.9. The molecule has 2 saturated carbocycles. The molecule has 0 aromatic rings. The van der Waals surface area contributed by atoms with E-state index >= 15 is 0 Å². The van der Waals surface area contributed by atoms with Gasteiger partial charge in [-0.15, -0.1) is 0 Å². The van der Waals surface area contributed by atoms with Crippen molar-refractivity contribution in [1.82, 2.24) is 5.32 Å². The highest BCUT2D eigenvalue weighted by Gasteiger charge is 2.58. The van der Waals surface area contributed by atoms with Crippen LogP contribution in [0.5, 0.6) is 0 Å². The van der Waals surface area contributed by atoms with Crippen LogP contribution in [-0.2, 0) is 14.3 Å². The Labute approximate surface area is 142 Å². The molecule has 5 nitrogen and oxygen atoms in total. The molecule has 0 bridgehead atoms. The van der Waals surface area contributed by atoms with E-state index in [4.69, 9.17) is 4.74 Å². The highest BCUT2D eigenvalue weighted by atomic mass is 16.5. The number of rotatable bonds is 2. The maximum absolute atomic E-state index is 13.2. The van der Waals surface area contributed by atoms with Crippen molar-refractivity contribution < 1.29 is 19.4 Å². The number of ketones is 1. The highest BCUT2D eigenvalue weighted by Crippen LogP contribution is 2.49. The van der Waals surface area contributed by atoms with Gasteiger partial charge < -0.3 is 15.2 Å². The van der Waals surface area contributed by atoms with Crippen LogP contribution in [-0.4, -0.2) is 35.6 Å². The first-order valence-corrected chi connectivity index (χ1v) is 9.38. The van der Waals surface area contributed by atoms with Crippen LogP contribution in [0.25, 0.3) is 0 Å². The summed E-state index contributed by atoms with van der Waals surface area (Å²) in [6.45, 7) is 0. The minimum absolute atomic E-state index is 0.0625. The third-order valence-electron chi connectivity index (χ3n) is 6.86. The van der Waals surface area contributed by atoms with Gasteiger partial charge in [0.1, 0.15) is 5.78 Å². The molecule has 1 heterocycles. The molecule has 1 amide bonds. The van der Waals surface area contributed by atoms with Crippen molar-refractivity contribution in [3.8, 4) is 0 Å². The van der Waals surface area contributed by atoms with Crippen LogP contribution in [0.1, 0.15) is 57.8 Å². The minimum Gasteiger partial charge on any atom is -0.381 e. The van der Waals surface area contributed by atoms with E-state index in [1.807, 2.05) is 0 Å². The van der Waals surface area contributed by atoms with Crippen LogP contribution >= 0.6 is 0 Å². The molecule has 1 aliphatic heterocycles. The van der Waals surface area contributed by atoms with E-state index < -0.39 is 11.5 Å². The molecule has 4 rings (SSSR count). The summed E-state index contributed by atoms with van der Waals surface area (Å²) in [5, 5.41) is 14.2. The fourth-order valence-electron chi connectivity index (χ4n) is 5.50. The van der Waals surface area contributed by atoms with Crippen LogP contribution in [0.3, 0.4) is 0 Å². The van der Waals surface area contributed by atoms with Crippen LogP contribution in [0.15, 0.2) is 11.3 Å². The molecule has 5 atom stereocenters. The lowest BCUT2D eigenvalue weighted by molar-refractivity contribution is -0.154. The number of fused-ring (bicyclic) bond motifs is 1. The standard InChI is InChI=1S/C19H27NO4/c1-24-12-8-6-11-7-9-15(17(21)13(11)10-12)19(23)14-4-2-3-5-16(14)20-18(19)22/h11-13,15,23H,2-10H2,1H3,(H,20,22). The molecule has 2 N–H and O–H groups in total. The van der Waals surface area contributed by atoms with E-state index in [2.05, 4.69) is 5.32 Å². The number of nitrogens with one attached hydrogen (secondary N) is 1. The lowest BCUT2D eigenvalue weighted by Gasteiger charge is -2.44. The van der Waals surface area contributed by atoms with Crippen molar-refractivity contribution in [3.05, 3.63) is 11.3 Å². The summed E-state index contributed by atoms with van der Waals surface area (Å²) in [7, 11) is 1.70. The van der Waals surface area contributed by atoms with E-state index in [0.29, 0.717) is 12.3 Å². The number of amides is 1. The molecule has 2 fully saturated rings. The molecular formula is C19H27NO4. The molecule has 132 valence electrons. The molecule has 0 saturated heterocycles. The molecule has 0 spiro atoms. The van der Waals surface area contributed by atoms with Crippen molar-refractivity contribution in [2.45, 2.75) is 69.5 Å². The summed E-state index contributed by atoms with van der Waals surface area (Å²) in [6.07, 6.45) is 7.99. The molecule has 3 aliphatic carbocycles. The second kappa shape index (κ2) is 5.95. The lowest BCUT2D eigenvalue weighted by Crippen LogP contribution is -2.55. The highest BCUT2D eigenvalue weighted by molar-refractivity contribution is 6.00. The molecule has 0 aromatic carbocycles. The number of carbonyl (C=O) groups excluding carboxylic acids is 2. The van der Waals surface area contributed by atoms with Crippen LogP contribution in [0.4, 0.5) is 0 Å². The Kier molecular flexibility index (Phi) is 4.04. The van der Waals surface area contributed by atoms with Crippen LogP contribution < -0.4 is 5.32 Å². The normalized spacial score (nSPS) is 42.6. The summed E-state index contributed by atoms with van der Waals surface area (Å²) < 4.78 is 5.48. The van der Waals surface area contributed by atoms with E-state index in [-0.39, 0.29) is 23.7 Å². The molecule has 4 aliphatic rings. The fourth-order valence-corrected chi connectivity index (χ4v) is 5.50. The Morgan fingerprint density at radius 3 is 2.67 bits per heavy atom. The summed E-state index contributed by atoms with van der Waals surface area (Å²) >= 11 is 0. The molecule has 5 heteroatoms. The lowest BCUT2D eigenvalue weighted by atomic mass is 9.61. The predicted octanol–water partition coefficient (Wildman–Crippen LogP) is 2.09. The van der Waals surface area contributed by atoms with Crippen LogP contribution in [0, 0.1) is 17.8 Å². The van der Waals surface area contributed by atoms with Gasteiger partial charge in [0, 0.05) is 18.7 Å². The average Bonchev–Trinajstić information content (AvgIpc) is 2.87. The number of ether oxygens (including phenoxy) is 1. The van der Waals surface area contributed by atoms with Crippen molar-refractivity contribution in [3.63, 3.8) is 0 Å². The Morgan fingerprint density at radius 1 is 1.12 bits per heavy atom. The second-order valence-corrected chi connectivity index (χ2v) is 7.95. The first-order chi connectivity index (χ1) is 11.6. The smallest absolute Gasteiger partial charge is 0.261 e. The SMILES string of the molecule is COC1CCC2CCC(C3(O)C(=O)NC4=C3CCCC4)C(=O)C2C1. The first kappa shape index (κ1) is 16.3. The minimum atomic E-state index is -1.60. The number of carbonyl (C=O) groups is 2. The van der Waals surface area contributed by atoms with Crippen molar-refractivity contribution in [2.24, 2.45) is 17.8 Å². The van der Waals surface area contributed by atoms with Crippen molar-refractivity contribution in [1.29, 1.82) is 0 Å². The second-order valence-electron chi connectivity index (χ2n) is 7.95. The van der Waals surface area contributed by atoms with Crippen molar-refractivity contribution in [2.75, 3.05) is 7.11 Å². The number of allylic oxidation sites excluding steroid dienone is 1. The average molecular weight is 333 g/mol. The van der Waals surface area contributed by atoms with E-state index in [9.17, 15) is 14.7 Å². The number of hydrogen-bond acceptors (Lipinski definition) is 4. The van der Waals surface area contributed by atoms with E-state index in [1.54, 1.807) is 7.11 Å². The zero-order valence-electron chi connectivity index (χ0n) is 14.3. The van der Waals surface area contributed by atoms with Crippen molar-refractivity contribution >= 4 is 11.7 Å². The predicted molar refractivity (Wildman–Crippen MR) is 87.9 cm³/mol. The van der Waals surface area contributed by atoms with E-state index in [0.717, 1.165) is 62.6 Å². The zero-order valence-corrected chi connectivity index (χ0v) is 14.3. The Balaban J connectivity index is 1.63. The van der Waals surface area contributed by atoms with Gasteiger partial charge in [0.25, 0.3) is 5.91 Å². The van der Waals surface area contributed by atoms with Gasteiger partial charge in [0.15, 0.2) is 5.60 Å². The number of aliphatic hydroxyl groups is 1. The molecular weight excluding hydrogens is 306 g/mol. The first-order valence-electron chi connectivity index (χ1n) is 9.38. The van der Waals surface area contributed by atoms with Gasteiger partial charge in [0.2, 0.25) is 0 Å². The molecule has 5 unspecified atom stereocenters. The largest absolute Gasteiger partial charge is 0.381 e. The Hall–Kier alpha value is -1.20. The molecule has 0 aromatic heterocycles. The maximum Gasteiger partial charge on any atom is 0.261 e. The van der Waals surface area contributed by atoms with Gasteiger partial charge in [-0.3, -0.25) is 9.59 Å². The number of methoxy groups -OCH3 is 1. The number of hydrogen-bond donors (Lipinski definition) is 2. The van der Waals surface area contributed by atoms with Crippen LogP contribution in [0.2, 0.25) is 0 Å². The third-order valence-corrected chi connectivity index (χ3v) is 6.86. The summed E-state index contributed by atoms with van der Waals surface area (Å²) in [4.78, 5) is 25.8. The van der Waals surface area contributed by atoms with Gasteiger partial charge in [-0.1, -0.05) is 0 Å². The van der Waals surface area contributed by atoms with Gasteiger partial charge in [-0.05, 0) is 69.3 Å². The topological polar surface area (TPSA) is 75.6 Å². The summed E-state index contributed by atoms with van der Waals surface area (Å²) in [5.74, 6) is -0.532. The number of Topliss-reactive ketones (excluding diaryl/α,β-unsaturated/α-hetero) is 1. The summed E-state index contributed by atoms with van der Waals surface area (Å²) in [6, 6.07) is 0. The fraction of sp³-hybridized carbons (Fsp3) is 0.789. The van der Waals surface area contributed by atoms with Gasteiger partial charge >= 0.3 is 0 Å². The van der Waals surface area contributed by atoms with Gasteiger partial charge in [-0.25, -0.2) is 0 Å². The van der Waals surface area contributed by atoms with Gasteiger partial charge in [-0.2, -0.15) is 0 Å². The third kappa shape index (κ3) is 2.28. The van der Waals surface area contributed by atoms with E-state index in [1.165, 1.54) is 0 Å².